The molecule has 7 nitrogen and oxygen atoms in total. The molecule has 0 saturated heterocycles. The van der Waals surface area contributed by atoms with Crippen LogP contribution in [0.1, 0.15) is 17.5 Å². The molecule has 0 fully saturated rings. The molecule has 0 bridgehead atoms. The van der Waals surface area contributed by atoms with E-state index in [-0.39, 0.29) is 24.1 Å². The summed E-state index contributed by atoms with van der Waals surface area (Å²) in [6, 6.07) is 12.7. The molecule has 1 N–H and O–H groups in total. The summed E-state index contributed by atoms with van der Waals surface area (Å²) in [5.41, 5.74) is 2.83. The molecular weight excluding hydrogens is 384 g/mol. The standard InChI is InChI=1S/C23H26N2O5/c1-15-6-8-16(9-7-15)20-21(23(27)25(22(20)26)12-5-13-28-2)24-18-14-17(29-3)10-11-19(18)30-4/h6-11,14,24H,5,12-13H2,1-4H3. The second-order valence-corrected chi connectivity index (χ2v) is 6.92. The third-order valence-corrected chi connectivity index (χ3v) is 4.90. The zero-order chi connectivity index (χ0) is 21.7. The van der Waals surface area contributed by atoms with Gasteiger partial charge in [-0.2, -0.15) is 0 Å². The first kappa shape index (κ1) is 21.4. The van der Waals surface area contributed by atoms with Crippen LogP contribution in [0, 0.1) is 6.92 Å². The van der Waals surface area contributed by atoms with Crippen LogP contribution in [0.2, 0.25) is 0 Å². The van der Waals surface area contributed by atoms with E-state index in [2.05, 4.69) is 5.32 Å². The Labute approximate surface area is 176 Å². The number of imide groups is 1. The topological polar surface area (TPSA) is 77.1 Å². The van der Waals surface area contributed by atoms with Gasteiger partial charge in [-0.05, 0) is 31.0 Å². The maximum atomic E-state index is 13.2. The maximum absolute atomic E-state index is 13.2. The van der Waals surface area contributed by atoms with Crippen LogP contribution in [0.4, 0.5) is 5.69 Å². The van der Waals surface area contributed by atoms with Crippen LogP contribution in [-0.4, -0.2) is 51.2 Å². The number of rotatable bonds is 9. The lowest BCUT2D eigenvalue weighted by atomic mass is 10.0. The smallest absolute Gasteiger partial charge is 0.278 e. The molecule has 0 radical (unpaired) electrons. The van der Waals surface area contributed by atoms with Crippen molar-refractivity contribution in [1.29, 1.82) is 0 Å². The van der Waals surface area contributed by atoms with Crippen LogP contribution in [0.15, 0.2) is 48.2 Å². The number of hydrogen-bond acceptors (Lipinski definition) is 6. The molecule has 2 aromatic rings. The van der Waals surface area contributed by atoms with Gasteiger partial charge in [0.05, 0.1) is 25.5 Å². The third kappa shape index (κ3) is 4.31. The van der Waals surface area contributed by atoms with Crippen molar-refractivity contribution in [2.24, 2.45) is 0 Å². The van der Waals surface area contributed by atoms with Gasteiger partial charge in [-0.3, -0.25) is 14.5 Å². The fourth-order valence-corrected chi connectivity index (χ4v) is 3.30. The van der Waals surface area contributed by atoms with Crippen LogP contribution in [0.5, 0.6) is 11.5 Å². The first-order valence-electron chi connectivity index (χ1n) is 9.65. The lowest BCUT2D eigenvalue weighted by molar-refractivity contribution is -0.136. The Kier molecular flexibility index (Phi) is 6.74. The van der Waals surface area contributed by atoms with E-state index < -0.39 is 0 Å². The lowest BCUT2D eigenvalue weighted by Gasteiger charge is -2.16. The fourth-order valence-electron chi connectivity index (χ4n) is 3.30. The Balaban J connectivity index is 2.04. The molecule has 0 aromatic heterocycles. The maximum Gasteiger partial charge on any atom is 0.278 e. The number of hydrogen-bond donors (Lipinski definition) is 1. The highest BCUT2D eigenvalue weighted by molar-refractivity contribution is 6.36. The number of benzene rings is 2. The zero-order valence-electron chi connectivity index (χ0n) is 17.7. The van der Waals surface area contributed by atoms with Gasteiger partial charge in [-0.1, -0.05) is 29.8 Å². The van der Waals surface area contributed by atoms with E-state index >= 15 is 0 Å². The molecule has 0 unspecified atom stereocenters. The van der Waals surface area contributed by atoms with Gasteiger partial charge in [0.2, 0.25) is 0 Å². The molecular formula is C23H26N2O5. The van der Waals surface area contributed by atoms with Gasteiger partial charge in [-0.15, -0.1) is 0 Å². The van der Waals surface area contributed by atoms with Crippen LogP contribution in [0.3, 0.4) is 0 Å². The first-order valence-corrected chi connectivity index (χ1v) is 9.65. The quantitative estimate of drug-likeness (QED) is 0.505. The van der Waals surface area contributed by atoms with Crippen LogP contribution < -0.4 is 14.8 Å². The number of ether oxygens (including phenoxy) is 3. The summed E-state index contributed by atoms with van der Waals surface area (Å²) in [4.78, 5) is 27.6. The average Bonchev–Trinajstić information content (AvgIpc) is 2.98. The summed E-state index contributed by atoms with van der Waals surface area (Å²) in [6.45, 7) is 2.71. The normalized spacial score (nSPS) is 13.8. The molecule has 1 aliphatic heterocycles. The monoisotopic (exact) mass is 410 g/mol. The van der Waals surface area contributed by atoms with E-state index in [1.807, 2.05) is 31.2 Å². The Bertz CT molecular complexity index is 966. The van der Waals surface area contributed by atoms with E-state index in [0.29, 0.717) is 41.4 Å². The SMILES string of the molecule is COCCCN1C(=O)C(Nc2cc(OC)ccc2OC)=C(c2ccc(C)cc2)C1=O. The molecule has 0 atom stereocenters. The Hall–Kier alpha value is -3.32. The Morgan fingerprint density at radius 1 is 0.933 bits per heavy atom. The van der Waals surface area contributed by atoms with Crippen molar-refractivity contribution in [3.63, 3.8) is 0 Å². The summed E-state index contributed by atoms with van der Waals surface area (Å²) < 4.78 is 15.8. The predicted molar refractivity (Wildman–Crippen MR) is 114 cm³/mol. The Morgan fingerprint density at radius 3 is 2.30 bits per heavy atom. The van der Waals surface area contributed by atoms with Crippen LogP contribution in [-0.2, 0) is 14.3 Å². The largest absolute Gasteiger partial charge is 0.497 e. The minimum absolute atomic E-state index is 0.216. The molecule has 1 heterocycles. The van der Waals surface area contributed by atoms with Crippen LogP contribution >= 0.6 is 0 Å². The number of amides is 2. The van der Waals surface area contributed by atoms with Crippen LogP contribution in [0.25, 0.3) is 5.57 Å². The molecule has 30 heavy (non-hydrogen) atoms. The van der Waals surface area contributed by atoms with Crippen molar-refractivity contribution >= 4 is 23.1 Å². The molecule has 0 saturated carbocycles. The number of carbonyl (C=O) groups excluding carboxylic acids is 2. The number of methoxy groups -OCH3 is 3. The minimum Gasteiger partial charge on any atom is -0.497 e. The van der Waals surface area contributed by atoms with E-state index in [1.165, 1.54) is 4.90 Å². The molecule has 0 aliphatic carbocycles. The van der Waals surface area contributed by atoms with Crippen molar-refractivity contribution in [3.05, 3.63) is 59.3 Å². The second-order valence-electron chi connectivity index (χ2n) is 6.92. The molecule has 3 rings (SSSR count). The van der Waals surface area contributed by atoms with Gasteiger partial charge in [0.15, 0.2) is 0 Å². The average molecular weight is 410 g/mol. The van der Waals surface area contributed by atoms with Gasteiger partial charge in [0, 0.05) is 26.3 Å². The highest BCUT2D eigenvalue weighted by Gasteiger charge is 2.39. The molecule has 158 valence electrons. The molecule has 1 aliphatic rings. The van der Waals surface area contributed by atoms with Crippen molar-refractivity contribution in [2.75, 3.05) is 39.8 Å². The number of nitrogens with one attached hydrogen (secondary N) is 1. The summed E-state index contributed by atoms with van der Waals surface area (Å²) in [6.07, 6.45) is 0.560. The van der Waals surface area contributed by atoms with Gasteiger partial charge >= 0.3 is 0 Å². The molecule has 2 amide bonds. The predicted octanol–water partition coefficient (Wildman–Crippen LogP) is 3.24. The summed E-state index contributed by atoms with van der Waals surface area (Å²) in [5, 5.41) is 3.13. The minimum atomic E-state index is -0.378. The molecule has 0 spiro atoms. The highest BCUT2D eigenvalue weighted by atomic mass is 16.5. The van der Waals surface area contributed by atoms with E-state index in [4.69, 9.17) is 14.2 Å². The molecule has 7 heteroatoms. The summed E-state index contributed by atoms with van der Waals surface area (Å²) in [5.74, 6) is 0.426. The van der Waals surface area contributed by atoms with E-state index in [1.54, 1.807) is 39.5 Å². The zero-order valence-corrected chi connectivity index (χ0v) is 17.7. The second kappa shape index (κ2) is 9.45. The van der Waals surface area contributed by atoms with Crippen molar-refractivity contribution in [3.8, 4) is 11.5 Å². The number of anilines is 1. The van der Waals surface area contributed by atoms with E-state index in [9.17, 15) is 9.59 Å². The summed E-state index contributed by atoms with van der Waals surface area (Å²) in [7, 11) is 4.69. The van der Waals surface area contributed by atoms with Crippen molar-refractivity contribution < 1.29 is 23.8 Å². The highest BCUT2D eigenvalue weighted by Crippen LogP contribution is 2.35. The van der Waals surface area contributed by atoms with E-state index in [0.717, 1.165) is 5.56 Å². The summed E-state index contributed by atoms with van der Waals surface area (Å²) >= 11 is 0. The van der Waals surface area contributed by atoms with Gasteiger partial charge in [0.1, 0.15) is 17.2 Å². The fraction of sp³-hybridized carbons (Fsp3) is 0.304. The first-order chi connectivity index (χ1) is 14.5. The Morgan fingerprint density at radius 2 is 1.67 bits per heavy atom. The third-order valence-electron chi connectivity index (χ3n) is 4.90. The number of carbonyl (C=O) groups is 2. The lowest BCUT2D eigenvalue weighted by Crippen LogP contribution is -2.33. The number of nitrogens with zero attached hydrogens (tertiary/aromatic N) is 1. The number of aryl methyl sites for hydroxylation is 1. The molecule has 2 aromatic carbocycles. The van der Waals surface area contributed by atoms with Gasteiger partial charge < -0.3 is 19.5 Å². The van der Waals surface area contributed by atoms with Gasteiger partial charge in [0.25, 0.3) is 11.8 Å². The van der Waals surface area contributed by atoms with Crippen molar-refractivity contribution in [2.45, 2.75) is 13.3 Å². The van der Waals surface area contributed by atoms with Gasteiger partial charge in [-0.25, -0.2) is 0 Å². The van der Waals surface area contributed by atoms with Crippen molar-refractivity contribution in [1.82, 2.24) is 4.90 Å².